The van der Waals surface area contributed by atoms with Gasteiger partial charge in [-0.15, -0.1) is 10.2 Å². The zero-order chi connectivity index (χ0) is 24.9. The topological polar surface area (TPSA) is 78.4 Å². The maximum Gasteiger partial charge on any atom is 0.231 e. The van der Waals surface area contributed by atoms with E-state index in [1.165, 1.54) is 41.7 Å². The number of piperidine rings is 1. The molecule has 0 aliphatic carbocycles. The van der Waals surface area contributed by atoms with Crippen LogP contribution in [0.4, 0.5) is 10.8 Å². The number of halogens is 1. The summed E-state index contributed by atoms with van der Waals surface area (Å²) in [6, 6.07) is 15.9. The van der Waals surface area contributed by atoms with Crippen molar-refractivity contribution in [2.75, 3.05) is 29.9 Å². The highest BCUT2D eigenvalue weighted by atomic mass is 35.5. The Morgan fingerprint density at radius 1 is 0.973 bits per heavy atom. The summed E-state index contributed by atoms with van der Waals surface area (Å²) < 4.78 is 0. The van der Waals surface area contributed by atoms with Gasteiger partial charge in [-0.3, -0.25) is 14.5 Å². The molecule has 9 heteroatoms. The molecule has 1 aromatic heterocycles. The number of nitrogens with one attached hydrogen (secondary N) is 1. The van der Waals surface area contributed by atoms with Gasteiger partial charge in [-0.1, -0.05) is 61.1 Å². The Bertz CT molecular complexity index is 1190. The van der Waals surface area contributed by atoms with Crippen LogP contribution >= 0.6 is 22.9 Å². The van der Waals surface area contributed by atoms with E-state index < -0.39 is 5.92 Å². The second kappa shape index (κ2) is 12.6. The number of amides is 2. The second-order valence-corrected chi connectivity index (χ2v) is 11.0. The minimum atomic E-state index is -0.410. The predicted octanol–water partition coefficient (Wildman–Crippen LogP) is 5.59. The van der Waals surface area contributed by atoms with Gasteiger partial charge in [-0.2, -0.15) is 0 Å². The highest BCUT2D eigenvalue weighted by Gasteiger charge is 2.35. The van der Waals surface area contributed by atoms with Crippen molar-refractivity contribution in [3.8, 4) is 0 Å². The van der Waals surface area contributed by atoms with Gasteiger partial charge >= 0.3 is 0 Å². The second-order valence-electron chi connectivity index (χ2n) is 9.53. The molecule has 196 valence electrons. The van der Waals surface area contributed by atoms with Gasteiger partial charge in [0.2, 0.25) is 16.9 Å². The van der Waals surface area contributed by atoms with Gasteiger partial charge in [-0.05, 0) is 67.7 Å². The van der Waals surface area contributed by atoms with Crippen LogP contribution in [0.3, 0.4) is 0 Å². The monoisotopic (exact) mass is 539 g/mol. The van der Waals surface area contributed by atoms with Crippen LogP contribution < -0.4 is 10.2 Å². The van der Waals surface area contributed by atoms with E-state index in [1.54, 1.807) is 4.90 Å². The van der Waals surface area contributed by atoms with Crippen LogP contribution in [0.2, 0.25) is 5.02 Å². The van der Waals surface area contributed by atoms with Gasteiger partial charge < -0.3 is 10.2 Å². The molecule has 1 N–H and O–H groups in total. The first-order chi connectivity index (χ1) is 17.5. The lowest BCUT2D eigenvalue weighted by Gasteiger charge is -2.26. The maximum atomic E-state index is 12.9. The van der Waals surface area contributed by atoms with Crippen molar-refractivity contribution in [1.29, 1.82) is 0 Å². The van der Waals surface area contributed by atoms with Crippen molar-refractivity contribution >= 4 is 45.6 Å². The SMILES string of the molecule is C.O=C(Nc1nnc(CCc2ccc(Cl)cc2)s1)[C@@H]1CC(=O)N(c2ccc(CN3CCCCC3)cc2)C1. The van der Waals surface area contributed by atoms with Crippen LogP contribution in [0.5, 0.6) is 0 Å². The molecule has 0 radical (unpaired) electrons. The summed E-state index contributed by atoms with van der Waals surface area (Å²) in [5.41, 5.74) is 3.27. The Morgan fingerprint density at radius 3 is 2.41 bits per heavy atom. The molecule has 2 aliphatic rings. The van der Waals surface area contributed by atoms with Crippen molar-refractivity contribution < 1.29 is 9.59 Å². The van der Waals surface area contributed by atoms with Crippen molar-refractivity contribution in [3.63, 3.8) is 0 Å². The third-order valence-electron chi connectivity index (χ3n) is 6.84. The number of nitrogens with zero attached hydrogens (tertiary/aromatic N) is 4. The number of aromatic nitrogens is 2. The van der Waals surface area contributed by atoms with Gasteiger partial charge in [0.05, 0.1) is 5.92 Å². The highest BCUT2D eigenvalue weighted by Crippen LogP contribution is 2.27. The number of rotatable bonds is 8. The number of hydrogen-bond acceptors (Lipinski definition) is 6. The minimum absolute atomic E-state index is 0. The zero-order valence-electron chi connectivity index (χ0n) is 20.2. The smallest absolute Gasteiger partial charge is 0.231 e. The Kier molecular flexibility index (Phi) is 9.29. The molecule has 2 amide bonds. The number of anilines is 2. The molecule has 2 saturated heterocycles. The van der Waals surface area contributed by atoms with Crippen LogP contribution in [0.25, 0.3) is 0 Å². The molecule has 37 heavy (non-hydrogen) atoms. The van der Waals surface area contributed by atoms with Gasteiger partial charge in [0.1, 0.15) is 5.01 Å². The molecule has 0 bridgehead atoms. The maximum absolute atomic E-state index is 12.9. The molecule has 3 aromatic rings. The fraction of sp³-hybridized carbons (Fsp3) is 0.429. The lowest BCUT2D eigenvalue weighted by molar-refractivity contribution is -0.122. The number of aryl methyl sites for hydroxylation is 2. The zero-order valence-corrected chi connectivity index (χ0v) is 21.7. The average molecular weight is 540 g/mol. The lowest BCUT2D eigenvalue weighted by Crippen LogP contribution is -2.29. The lowest BCUT2D eigenvalue weighted by atomic mass is 10.1. The molecule has 2 aliphatic heterocycles. The number of benzene rings is 2. The molecule has 5 rings (SSSR count). The summed E-state index contributed by atoms with van der Waals surface area (Å²) >= 11 is 7.31. The summed E-state index contributed by atoms with van der Waals surface area (Å²) in [4.78, 5) is 29.8. The van der Waals surface area contributed by atoms with Crippen LogP contribution in [-0.4, -0.2) is 46.5 Å². The number of carbonyl (C=O) groups excluding carboxylic acids is 2. The van der Waals surface area contributed by atoms with E-state index in [1.807, 2.05) is 36.4 Å². The summed E-state index contributed by atoms with van der Waals surface area (Å²) in [7, 11) is 0. The van der Waals surface area contributed by atoms with Gasteiger partial charge in [0.15, 0.2) is 0 Å². The fourth-order valence-electron chi connectivity index (χ4n) is 4.80. The highest BCUT2D eigenvalue weighted by molar-refractivity contribution is 7.15. The molecule has 7 nitrogen and oxygen atoms in total. The first-order valence-electron chi connectivity index (χ1n) is 12.5. The quantitative estimate of drug-likeness (QED) is 0.403. The van der Waals surface area contributed by atoms with E-state index in [4.69, 9.17) is 11.6 Å². The molecule has 3 heterocycles. The van der Waals surface area contributed by atoms with Crippen LogP contribution in [0.15, 0.2) is 48.5 Å². The van der Waals surface area contributed by atoms with E-state index in [-0.39, 0.29) is 25.7 Å². The Hall–Kier alpha value is -2.81. The van der Waals surface area contributed by atoms with E-state index >= 15 is 0 Å². The number of carbonyl (C=O) groups is 2. The summed E-state index contributed by atoms with van der Waals surface area (Å²) in [5, 5.41) is 13.2. The molecule has 2 fully saturated rings. The third-order valence-corrected chi connectivity index (χ3v) is 7.99. The predicted molar refractivity (Wildman–Crippen MR) is 150 cm³/mol. The van der Waals surface area contributed by atoms with Crippen molar-refractivity contribution in [2.24, 2.45) is 5.92 Å². The van der Waals surface area contributed by atoms with Gasteiger partial charge in [0, 0.05) is 36.6 Å². The van der Waals surface area contributed by atoms with Crippen molar-refractivity contribution in [3.05, 3.63) is 69.7 Å². The Balaban J connectivity index is 0.00000320. The first-order valence-corrected chi connectivity index (χ1v) is 13.7. The summed E-state index contributed by atoms with van der Waals surface area (Å²) in [5.74, 6) is -0.625. The van der Waals surface area contributed by atoms with Crippen LogP contribution in [0.1, 0.15) is 49.2 Å². The molecule has 0 spiro atoms. The molecular weight excluding hydrogens is 506 g/mol. The van der Waals surface area contributed by atoms with Crippen molar-refractivity contribution in [1.82, 2.24) is 15.1 Å². The standard InChI is InChI=1S/C27H30ClN5O2S.CH4/c28-22-9-4-19(5-10-22)8-13-24-30-31-27(36-24)29-26(35)21-16-25(34)33(18-21)23-11-6-20(7-12-23)17-32-14-2-1-3-15-32;/h4-7,9-12,21H,1-3,8,13-18H2,(H,29,31,35);1H4/t21-;/m1./s1. The molecule has 0 saturated carbocycles. The minimum Gasteiger partial charge on any atom is -0.312 e. The van der Waals surface area contributed by atoms with E-state index in [2.05, 4.69) is 32.5 Å². The van der Waals surface area contributed by atoms with Gasteiger partial charge in [0.25, 0.3) is 0 Å². The third kappa shape index (κ3) is 7.15. The average Bonchev–Trinajstić information content (AvgIpc) is 3.51. The van der Waals surface area contributed by atoms with Crippen LogP contribution in [-0.2, 0) is 29.0 Å². The van der Waals surface area contributed by atoms with E-state index in [0.717, 1.165) is 43.2 Å². The molecule has 1 atom stereocenters. The molecular formula is C28H34ClN5O2S. The number of hydrogen-bond donors (Lipinski definition) is 1. The Labute approximate surface area is 227 Å². The van der Waals surface area contributed by atoms with E-state index in [0.29, 0.717) is 16.7 Å². The molecule has 2 aromatic carbocycles. The van der Waals surface area contributed by atoms with Crippen molar-refractivity contribution in [2.45, 2.75) is 52.5 Å². The van der Waals surface area contributed by atoms with Gasteiger partial charge in [-0.25, -0.2) is 0 Å². The summed E-state index contributed by atoms with van der Waals surface area (Å²) in [6.45, 7) is 3.63. The van der Waals surface area contributed by atoms with E-state index in [9.17, 15) is 9.59 Å². The Morgan fingerprint density at radius 2 is 1.68 bits per heavy atom. The molecule has 0 unspecified atom stereocenters. The fourth-order valence-corrected chi connectivity index (χ4v) is 5.67. The largest absolute Gasteiger partial charge is 0.312 e. The first kappa shape index (κ1) is 27.2. The normalized spacial score (nSPS) is 18.0. The van der Waals surface area contributed by atoms with Crippen LogP contribution in [0, 0.1) is 5.92 Å². The summed E-state index contributed by atoms with van der Waals surface area (Å²) in [6.07, 6.45) is 5.62. The number of likely N-dealkylation sites (tertiary alicyclic amines) is 1.